The molecule has 122 valence electrons. The third kappa shape index (κ3) is 4.60. The van der Waals surface area contributed by atoms with Crippen molar-refractivity contribution in [1.29, 1.82) is 0 Å². The van der Waals surface area contributed by atoms with E-state index in [-0.39, 0.29) is 24.4 Å². The Morgan fingerprint density at radius 1 is 1.22 bits per heavy atom. The van der Waals surface area contributed by atoms with E-state index < -0.39 is 0 Å². The number of halogens is 1. The average Bonchev–Trinajstić information content (AvgIpc) is 3.03. The highest BCUT2D eigenvalue weighted by atomic mass is 35.5. The predicted molar refractivity (Wildman–Crippen MR) is 93.2 cm³/mol. The molecule has 1 aromatic heterocycles. The van der Waals surface area contributed by atoms with Crippen molar-refractivity contribution < 1.29 is 9.53 Å². The highest BCUT2D eigenvalue weighted by Gasteiger charge is 2.17. The molecule has 0 atom stereocenters. The first-order valence-corrected chi connectivity index (χ1v) is 7.50. The first kappa shape index (κ1) is 17.1. The fourth-order valence-corrected chi connectivity index (χ4v) is 2.59. The molecule has 1 amide bonds. The van der Waals surface area contributed by atoms with E-state index in [1.54, 1.807) is 24.3 Å². The number of pyridine rings is 1. The fraction of sp³-hybridized carbons (Fsp3) is 0.294. The van der Waals surface area contributed by atoms with Gasteiger partial charge in [-0.25, -0.2) is 4.98 Å². The zero-order chi connectivity index (χ0) is 15.4. The van der Waals surface area contributed by atoms with Gasteiger partial charge < -0.3 is 15.8 Å². The van der Waals surface area contributed by atoms with E-state index >= 15 is 0 Å². The van der Waals surface area contributed by atoms with Crippen LogP contribution in [0.4, 0.5) is 11.5 Å². The molecule has 0 aliphatic heterocycles. The Kier molecular flexibility index (Phi) is 5.82. The standard InChI is InChI=1S/C17H19N3O2.ClH/c18-16-9-8-13(11-19-16)20-17(21)12-4-3-7-15(10-12)22-14-5-1-2-6-14;/h3-4,7-11,14H,1-2,5-6H2,(H2,18,19)(H,20,21);1H. The van der Waals surface area contributed by atoms with Crippen molar-refractivity contribution >= 4 is 29.8 Å². The number of hydrogen-bond donors (Lipinski definition) is 2. The minimum absolute atomic E-state index is 0. The minimum atomic E-state index is -0.191. The molecule has 1 fully saturated rings. The Balaban J connectivity index is 0.00000192. The number of hydrogen-bond acceptors (Lipinski definition) is 4. The van der Waals surface area contributed by atoms with E-state index in [2.05, 4.69) is 10.3 Å². The third-order valence-electron chi connectivity index (χ3n) is 3.75. The lowest BCUT2D eigenvalue weighted by Crippen LogP contribution is -2.14. The van der Waals surface area contributed by atoms with Crippen LogP contribution < -0.4 is 15.8 Å². The molecular formula is C17H20ClN3O2. The highest BCUT2D eigenvalue weighted by molar-refractivity contribution is 6.04. The normalized spacial score (nSPS) is 14.1. The summed E-state index contributed by atoms with van der Waals surface area (Å²) in [5.74, 6) is 0.975. The molecule has 3 N–H and O–H groups in total. The van der Waals surface area contributed by atoms with Crippen LogP contribution in [0.3, 0.4) is 0 Å². The molecule has 0 spiro atoms. The van der Waals surface area contributed by atoms with Crippen LogP contribution in [0, 0.1) is 0 Å². The topological polar surface area (TPSA) is 77.2 Å². The van der Waals surface area contributed by atoms with E-state index in [9.17, 15) is 4.79 Å². The second kappa shape index (κ2) is 7.83. The number of amides is 1. The number of nitrogen functional groups attached to an aromatic ring is 1. The Morgan fingerprint density at radius 3 is 2.70 bits per heavy atom. The lowest BCUT2D eigenvalue weighted by atomic mass is 10.2. The quantitative estimate of drug-likeness (QED) is 0.895. The van der Waals surface area contributed by atoms with Gasteiger partial charge in [0.15, 0.2) is 0 Å². The Hall–Kier alpha value is -2.27. The molecule has 1 heterocycles. The molecule has 1 saturated carbocycles. The number of nitrogens with one attached hydrogen (secondary N) is 1. The molecular weight excluding hydrogens is 314 g/mol. The molecule has 1 aromatic carbocycles. The fourth-order valence-electron chi connectivity index (χ4n) is 2.59. The lowest BCUT2D eigenvalue weighted by Gasteiger charge is -2.13. The maximum Gasteiger partial charge on any atom is 0.255 e. The maximum atomic E-state index is 12.3. The van der Waals surface area contributed by atoms with E-state index in [1.807, 2.05) is 12.1 Å². The predicted octanol–water partition coefficient (Wildman–Crippen LogP) is 3.66. The average molecular weight is 334 g/mol. The summed E-state index contributed by atoms with van der Waals surface area (Å²) in [4.78, 5) is 16.2. The van der Waals surface area contributed by atoms with E-state index in [0.29, 0.717) is 17.1 Å². The zero-order valence-corrected chi connectivity index (χ0v) is 13.5. The number of anilines is 2. The van der Waals surface area contributed by atoms with E-state index in [1.165, 1.54) is 19.0 Å². The Morgan fingerprint density at radius 2 is 2.00 bits per heavy atom. The number of carbonyl (C=O) groups is 1. The summed E-state index contributed by atoms with van der Waals surface area (Å²) < 4.78 is 5.92. The van der Waals surface area contributed by atoms with Gasteiger partial charge in [-0.3, -0.25) is 4.79 Å². The summed E-state index contributed by atoms with van der Waals surface area (Å²) in [5, 5.41) is 2.79. The van der Waals surface area contributed by atoms with Gasteiger partial charge in [-0.15, -0.1) is 12.4 Å². The van der Waals surface area contributed by atoms with Gasteiger partial charge in [0.1, 0.15) is 11.6 Å². The number of aromatic nitrogens is 1. The molecule has 0 saturated heterocycles. The van der Waals surface area contributed by atoms with Crippen LogP contribution in [0.25, 0.3) is 0 Å². The summed E-state index contributed by atoms with van der Waals surface area (Å²) in [6.45, 7) is 0. The molecule has 0 bridgehead atoms. The Bertz CT molecular complexity index is 655. The smallest absolute Gasteiger partial charge is 0.255 e. The number of nitrogens with two attached hydrogens (primary N) is 1. The molecule has 1 aliphatic rings. The van der Waals surface area contributed by atoms with Crippen LogP contribution in [0.2, 0.25) is 0 Å². The van der Waals surface area contributed by atoms with Crippen LogP contribution in [0.5, 0.6) is 5.75 Å². The Labute approximate surface area is 141 Å². The van der Waals surface area contributed by atoms with Crippen molar-refractivity contribution in [3.8, 4) is 5.75 Å². The molecule has 3 rings (SSSR count). The van der Waals surface area contributed by atoms with Gasteiger partial charge in [0.2, 0.25) is 0 Å². The summed E-state index contributed by atoms with van der Waals surface area (Å²) in [7, 11) is 0. The van der Waals surface area contributed by atoms with Crippen LogP contribution in [-0.2, 0) is 0 Å². The van der Waals surface area contributed by atoms with Crippen LogP contribution in [0.15, 0.2) is 42.6 Å². The number of carbonyl (C=O) groups excluding carboxylic acids is 1. The van der Waals surface area contributed by atoms with Crippen molar-refractivity contribution in [2.24, 2.45) is 0 Å². The molecule has 23 heavy (non-hydrogen) atoms. The third-order valence-corrected chi connectivity index (χ3v) is 3.75. The van der Waals surface area contributed by atoms with E-state index in [0.717, 1.165) is 18.6 Å². The molecule has 1 aliphatic carbocycles. The minimum Gasteiger partial charge on any atom is -0.490 e. The molecule has 0 unspecified atom stereocenters. The van der Waals surface area contributed by atoms with Gasteiger partial charge >= 0.3 is 0 Å². The molecule has 6 heteroatoms. The second-order valence-corrected chi connectivity index (χ2v) is 5.48. The lowest BCUT2D eigenvalue weighted by molar-refractivity contribution is 0.102. The van der Waals surface area contributed by atoms with Crippen molar-refractivity contribution in [3.05, 3.63) is 48.2 Å². The van der Waals surface area contributed by atoms with Gasteiger partial charge in [-0.1, -0.05) is 6.07 Å². The molecule has 0 radical (unpaired) electrons. The first-order valence-electron chi connectivity index (χ1n) is 7.50. The zero-order valence-electron chi connectivity index (χ0n) is 12.7. The summed E-state index contributed by atoms with van der Waals surface area (Å²) in [5.41, 5.74) is 6.70. The van der Waals surface area contributed by atoms with Crippen molar-refractivity contribution in [3.63, 3.8) is 0 Å². The van der Waals surface area contributed by atoms with Gasteiger partial charge in [0, 0.05) is 5.56 Å². The number of rotatable bonds is 4. The van der Waals surface area contributed by atoms with Gasteiger partial charge in [-0.2, -0.15) is 0 Å². The van der Waals surface area contributed by atoms with Crippen molar-refractivity contribution in [2.75, 3.05) is 11.1 Å². The van der Waals surface area contributed by atoms with E-state index in [4.69, 9.17) is 10.5 Å². The molecule has 5 nitrogen and oxygen atoms in total. The van der Waals surface area contributed by atoms with Crippen LogP contribution in [-0.4, -0.2) is 17.0 Å². The summed E-state index contributed by atoms with van der Waals surface area (Å²) in [6, 6.07) is 10.6. The second-order valence-electron chi connectivity index (χ2n) is 5.48. The highest BCUT2D eigenvalue weighted by Crippen LogP contribution is 2.24. The SMILES string of the molecule is Cl.Nc1ccc(NC(=O)c2cccc(OC3CCCC3)c2)cn1. The van der Waals surface area contributed by atoms with Gasteiger partial charge in [-0.05, 0) is 56.0 Å². The number of nitrogens with zero attached hydrogens (tertiary/aromatic N) is 1. The van der Waals surface area contributed by atoms with Crippen LogP contribution >= 0.6 is 12.4 Å². The number of benzene rings is 1. The number of ether oxygens (including phenoxy) is 1. The van der Waals surface area contributed by atoms with Gasteiger partial charge in [0.25, 0.3) is 5.91 Å². The van der Waals surface area contributed by atoms with Crippen molar-refractivity contribution in [1.82, 2.24) is 4.98 Å². The maximum absolute atomic E-state index is 12.3. The van der Waals surface area contributed by atoms with Crippen molar-refractivity contribution in [2.45, 2.75) is 31.8 Å². The largest absolute Gasteiger partial charge is 0.490 e. The summed E-state index contributed by atoms with van der Waals surface area (Å²) in [6.07, 6.45) is 6.43. The monoisotopic (exact) mass is 333 g/mol. The summed E-state index contributed by atoms with van der Waals surface area (Å²) >= 11 is 0. The van der Waals surface area contributed by atoms with Gasteiger partial charge in [0.05, 0.1) is 18.0 Å². The van der Waals surface area contributed by atoms with Crippen LogP contribution in [0.1, 0.15) is 36.0 Å². The molecule has 2 aromatic rings. The first-order chi connectivity index (χ1) is 10.7.